The molecule has 2 atom stereocenters. The van der Waals surface area contributed by atoms with E-state index in [0.29, 0.717) is 11.1 Å². The summed E-state index contributed by atoms with van der Waals surface area (Å²) in [4.78, 5) is 64.6. The molecule has 1 heterocycles. The molecule has 4 aromatic rings. The van der Waals surface area contributed by atoms with Gasteiger partial charge in [0.05, 0.1) is 27.1 Å². The lowest BCUT2D eigenvalue weighted by Crippen LogP contribution is -2.54. The van der Waals surface area contributed by atoms with E-state index >= 15 is 0 Å². The highest BCUT2D eigenvalue weighted by molar-refractivity contribution is 6.31. The van der Waals surface area contributed by atoms with Crippen LogP contribution in [0, 0.1) is 32.1 Å². The Labute approximate surface area is 259 Å². The van der Waals surface area contributed by atoms with E-state index in [1.807, 2.05) is 36.4 Å². The first-order chi connectivity index (χ1) is 21.6. The average Bonchev–Trinajstić information content (AvgIpc) is 3.31. The van der Waals surface area contributed by atoms with Crippen molar-refractivity contribution in [2.45, 2.75) is 11.3 Å². The number of nitrogens with one attached hydrogen (secondary N) is 1. The van der Waals surface area contributed by atoms with Crippen molar-refractivity contribution in [3.05, 3.63) is 144 Å². The molecule has 0 aromatic heterocycles. The number of carbonyl (C=O) groups is 3. The topological polar surface area (TPSA) is 165 Å². The van der Waals surface area contributed by atoms with E-state index in [0.717, 1.165) is 28.2 Å². The Hall–Kier alpha value is -5.75. The molecule has 1 fully saturated rings. The molecule has 13 heteroatoms. The summed E-state index contributed by atoms with van der Waals surface area (Å²) in [6.07, 6.45) is 1.43. The molecule has 1 N–H and O–H groups in total. The minimum absolute atomic E-state index is 0.00165. The van der Waals surface area contributed by atoms with Gasteiger partial charge in [0.2, 0.25) is 11.8 Å². The van der Waals surface area contributed by atoms with E-state index in [1.165, 1.54) is 36.5 Å². The van der Waals surface area contributed by atoms with Gasteiger partial charge in [0.1, 0.15) is 5.69 Å². The second kappa shape index (κ2) is 10.2. The van der Waals surface area contributed by atoms with Gasteiger partial charge in [-0.2, -0.15) is 5.10 Å². The van der Waals surface area contributed by atoms with Gasteiger partial charge in [-0.1, -0.05) is 66.2 Å². The van der Waals surface area contributed by atoms with Crippen molar-refractivity contribution in [1.29, 1.82) is 0 Å². The fraction of sp³-hybridized carbons (Fsp3) is 0.125. The smallest absolute Gasteiger partial charge is 0.274 e. The average molecular weight is 622 g/mol. The SMILES string of the molecule is O=C(N/N=C\C12c3ccccc3C(c3ccccc31)[C@H]1C(=O)N(c3ccc(Cl)cc3[N+](=O)[O-])C(=O)[C@H]12)c1cccc([N+](=O)[O-])c1. The Morgan fingerprint density at radius 2 is 1.53 bits per heavy atom. The van der Waals surface area contributed by atoms with Gasteiger partial charge in [0, 0.05) is 40.9 Å². The lowest BCUT2D eigenvalue weighted by atomic mass is 9.47. The van der Waals surface area contributed by atoms with Gasteiger partial charge in [-0.05, 0) is 40.5 Å². The number of hydrogen-bond acceptors (Lipinski definition) is 8. The highest BCUT2D eigenvalue weighted by Crippen LogP contribution is 2.64. The number of benzene rings is 4. The van der Waals surface area contributed by atoms with Crippen molar-refractivity contribution < 1.29 is 24.2 Å². The van der Waals surface area contributed by atoms with Crippen LogP contribution in [0.3, 0.4) is 0 Å². The van der Waals surface area contributed by atoms with Crippen LogP contribution >= 0.6 is 11.6 Å². The molecule has 0 spiro atoms. The third-order valence-corrected chi connectivity index (χ3v) is 9.05. The molecule has 0 unspecified atom stereocenters. The number of hydrazone groups is 1. The fourth-order valence-electron chi connectivity index (χ4n) is 7.14. The molecule has 3 aliphatic carbocycles. The van der Waals surface area contributed by atoms with E-state index in [-0.39, 0.29) is 22.0 Å². The zero-order valence-corrected chi connectivity index (χ0v) is 23.8. The Morgan fingerprint density at radius 1 is 0.867 bits per heavy atom. The predicted octanol–water partition coefficient (Wildman–Crippen LogP) is 5.12. The van der Waals surface area contributed by atoms with Crippen molar-refractivity contribution in [3.63, 3.8) is 0 Å². The molecule has 1 aliphatic heterocycles. The number of halogens is 1. The Kier molecular flexibility index (Phi) is 6.34. The second-order valence-electron chi connectivity index (χ2n) is 10.9. The third kappa shape index (κ3) is 3.99. The molecule has 4 aromatic carbocycles. The summed E-state index contributed by atoms with van der Waals surface area (Å²) in [7, 11) is 0. The monoisotopic (exact) mass is 621 g/mol. The molecule has 222 valence electrons. The normalized spacial score (nSPS) is 22.6. The summed E-state index contributed by atoms with van der Waals surface area (Å²) < 4.78 is 0. The van der Waals surface area contributed by atoms with Crippen LogP contribution in [-0.2, 0) is 15.0 Å². The number of amides is 3. The molecule has 2 bridgehead atoms. The zero-order chi connectivity index (χ0) is 31.6. The quantitative estimate of drug-likeness (QED) is 0.135. The van der Waals surface area contributed by atoms with E-state index in [4.69, 9.17) is 11.6 Å². The van der Waals surface area contributed by atoms with E-state index in [2.05, 4.69) is 10.5 Å². The molecule has 3 amide bonds. The van der Waals surface area contributed by atoms with Crippen molar-refractivity contribution in [2.75, 3.05) is 4.90 Å². The van der Waals surface area contributed by atoms with Gasteiger partial charge in [0.15, 0.2) is 0 Å². The third-order valence-electron chi connectivity index (χ3n) is 8.81. The summed E-state index contributed by atoms with van der Waals surface area (Å²) in [6.45, 7) is 0. The van der Waals surface area contributed by atoms with Crippen molar-refractivity contribution >= 4 is 52.6 Å². The molecular weight excluding hydrogens is 602 g/mol. The van der Waals surface area contributed by atoms with Crippen LogP contribution in [0.15, 0.2) is 96.1 Å². The number of imide groups is 1. The number of nitrogens with zero attached hydrogens (tertiary/aromatic N) is 4. The van der Waals surface area contributed by atoms with Gasteiger partial charge < -0.3 is 0 Å². The molecule has 0 saturated carbocycles. The number of non-ortho nitro benzene ring substituents is 1. The first kappa shape index (κ1) is 28.0. The molecule has 12 nitrogen and oxygen atoms in total. The molecule has 4 aliphatic rings. The lowest BCUT2D eigenvalue weighted by molar-refractivity contribution is -0.384. The number of anilines is 1. The van der Waals surface area contributed by atoms with Crippen LogP contribution in [0.25, 0.3) is 0 Å². The Balaban J connectivity index is 1.39. The maximum atomic E-state index is 14.5. The maximum Gasteiger partial charge on any atom is 0.294 e. The summed E-state index contributed by atoms with van der Waals surface area (Å²) in [5, 5.41) is 27.6. The number of nitro benzene ring substituents is 2. The second-order valence-corrected chi connectivity index (χ2v) is 11.4. The summed E-state index contributed by atoms with van der Waals surface area (Å²) in [5.41, 5.74) is 3.12. The van der Waals surface area contributed by atoms with E-state index in [9.17, 15) is 34.6 Å². The molecule has 1 saturated heterocycles. The van der Waals surface area contributed by atoms with Crippen LogP contribution in [0.4, 0.5) is 17.1 Å². The molecule has 0 radical (unpaired) electrons. The number of nitro groups is 2. The minimum atomic E-state index is -1.36. The predicted molar refractivity (Wildman–Crippen MR) is 162 cm³/mol. The maximum absolute atomic E-state index is 14.5. The molecule has 8 rings (SSSR count). The number of rotatable bonds is 6. The van der Waals surface area contributed by atoms with Gasteiger partial charge in [0.25, 0.3) is 17.3 Å². The first-order valence-corrected chi connectivity index (χ1v) is 14.1. The molecular formula is C32H20ClN5O7. The van der Waals surface area contributed by atoms with Crippen LogP contribution in [0.2, 0.25) is 5.02 Å². The highest BCUT2D eigenvalue weighted by atomic mass is 35.5. The highest BCUT2D eigenvalue weighted by Gasteiger charge is 2.68. The van der Waals surface area contributed by atoms with Crippen LogP contribution < -0.4 is 10.3 Å². The van der Waals surface area contributed by atoms with Crippen molar-refractivity contribution in [1.82, 2.24) is 5.43 Å². The van der Waals surface area contributed by atoms with E-state index < -0.39 is 56.4 Å². The van der Waals surface area contributed by atoms with Gasteiger partial charge >= 0.3 is 0 Å². The van der Waals surface area contributed by atoms with Crippen LogP contribution in [0.1, 0.15) is 38.5 Å². The first-order valence-electron chi connectivity index (χ1n) is 13.7. The van der Waals surface area contributed by atoms with Crippen LogP contribution in [-0.4, -0.2) is 33.8 Å². The van der Waals surface area contributed by atoms with Crippen molar-refractivity contribution in [2.24, 2.45) is 16.9 Å². The van der Waals surface area contributed by atoms with Gasteiger partial charge in [-0.25, -0.2) is 10.3 Å². The van der Waals surface area contributed by atoms with Gasteiger partial charge in [-0.15, -0.1) is 0 Å². The van der Waals surface area contributed by atoms with Crippen LogP contribution in [0.5, 0.6) is 0 Å². The Bertz CT molecular complexity index is 1980. The van der Waals surface area contributed by atoms with Crippen molar-refractivity contribution in [3.8, 4) is 0 Å². The van der Waals surface area contributed by atoms with Gasteiger partial charge in [-0.3, -0.25) is 34.6 Å². The number of hydrogen-bond donors (Lipinski definition) is 1. The molecule has 45 heavy (non-hydrogen) atoms. The fourth-order valence-corrected chi connectivity index (χ4v) is 7.30. The largest absolute Gasteiger partial charge is 0.294 e. The Morgan fingerprint density at radius 3 is 2.18 bits per heavy atom. The zero-order valence-electron chi connectivity index (χ0n) is 23.0. The summed E-state index contributed by atoms with van der Waals surface area (Å²) in [6, 6.07) is 23.6. The van der Waals surface area contributed by atoms with E-state index in [1.54, 1.807) is 12.1 Å². The number of carbonyl (C=O) groups excluding carboxylic acids is 3. The summed E-state index contributed by atoms with van der Waals surface area (Å²) >= 11 is 6.04. The summed E-state index contributed by atoms with van der Waals surface area (Å²) in [5.74, 6) is -4.49. The minimum Gasteiger partial charge on any atom is -0.274 e. The standard InChI is InChI=1S/C32H20ClN5O7/c33-18-12-13-24(25(15-18)38(44)45)36-30(40)27-26-20-8-1-3-10-22(20)32(28(27)31(36)41,23-11-4-2-9-21(23)26)16-34-35-29(39)17-6-5-7-19(14-17)37(42)43/h1-16,26-28H,(H,35,39)/b34-16-/t26?,27-,28+,32?/m1/s1. The lowest BCUT2D eigenvalue weighted by Gasteiger charge is -2.52.